The van der Waals surface area contributed by atoms with Gasteiger partial charge in [0.05, 0.1) is 0 Å². The smallest absolute Gasteiger partial charge is 0.251 e. The van der Waals surface area contributed by atoms with Crippen LogP contribution in [0.25, 0.3) is 0 Å². The highest BCUT2D eigenvalue weighted by atomic mass is 16.2. The maximum atomic E-state index is 12.6. The minimum atomic E-state index is -0.448. The Kier molecular flexibility index (Phi) is 5.37. The second kappa shape index (κ2) is 7.25. The van der Waals surface area contributed by atoms with Gasteiger partial charge in [-0.25, -0.2) is 0 Å². The molecule has 4 heteroatoms. The van der Waals surface area contributed by atoms with Gasteiger partial charge in [-0.1, -0.05) is 32.0 Å². The zero-order valence-electron chi connectivity index (χ0n) is 12.8. The summed E-state index contributed by atoms with van der Waals surface area (Å²) in [4.78, 5) is 26.8. The monoisotopic (exact) mass is 288 g/mol. The van der Waals surface area contributed by atoms with Crippen LogP contribution in [-0.2, 0) is 4.79 Å². The summed E-state index contributed by atoms with van der Waals surface area (Å²) in [6, 6.07) is 8.60. The average molecular weight is 288 g/mol. The van der Waals surface area contributed by atoms with E-state index < -0.39 is 6.04 Å². The standard InChI is InChI=1S/C17H24N2O2/c1-13(2)15(17(21)19-11-7-4-8-12-19)18-16(20)14-9-5-3-6-10-14/h3,5-6,9-10,13,15H,4,7-8,11-12H2,1-2H3,(H,18,20)/t15-/m1/s1. The van der Waals surface area contributed by atoms with Crippen LogP contribution in [0.2, 0.25) is 0 Å². The van der Waals surface area contributed by atoms with Crippen molar-refractivity contribution in [2.45, 2.75) is 39.2 Å². The number of rotatable bonds is 4. The number of piperidine rings is 1. The van der Waals surface area contributed by atoms with Gasteiger partial charge in [0.15, 0.2) is 0 Å². The summed E-state index contributed by atoms with van der Waals surface area (Å²) >= 11 is 0. The highest BCUT2D eigenvalue weighted by molar-refractivity contribution is 5.97. The molecule has 4 nitrogen and oxygen atoms in total. The van der Waals surface area contributed by atoms with Crippen molar-refractivity contribution >= 4 is 11.8 Å². The molecule has 2 rings (SSSR count). The second-order valence-corrected chi connectivity index (χ2v) is 5.95. The maximum absolute atomic E-state index is 12.6. The molecular formula is C17H24N2O2. The van der Waals surface area contributed by atoms with Crippen molar-refractivity contribution in [2.24, 2.45) is 5.92 Å². The van der Waals surface area contributed by atoms with Gasteiger partial charge in [-0.3, -0.25) is 9.59 Å². The zero-order valence-corrected chi connectivity index (χ0v) is 12.8. The molecule has 1 N–H and O–H groups in total. The maximum Gasteiger partial charge on any atom is 0.251 e. The van der Waals surface area contributed by atoms with Gasteiger partial charge >= 0.3 is 0 Å². The van der Waals surface area contributed by atoms with Crippen molar-refractivity contribution in [1.82, 2.24) is 10.2 Å². The summed E-state index contributed by atoms with van der Waals surface area (Å²) in [5.74, 6) is -0.0549. The first-order valence-corrected chi connectivity index (χ1v) is 7.74. The minimum Gasteiger partial charge on any atom is -0.341 e. The van der Waals surface area contributed by atoms with Gasteiger partial charge in [0.1, 0.15) is 6.04 Å². The number of hydrogen-bond donors (Lipinski definition) is 1. The van der Waals surface area contributed by atoms with Gasteiger partial charge in [-0.2, -0.15) is 0 Å². The number of hydrogen-bond acceptors (Lipinski definition) is 2. The molecule has 1 atom stereocenters. The summed E-state index contributed by atoms with van der Waals surface area (Å²) in [6.07, 6.45) is 3.30. The van der Waals surface area contributed by atoms with Gasteiger partial charge in [0.25, 0.3) is 5.91 Å². The van der Waals surface area contributed by atoms with Crippen molar-refractivity contribution < 1.29 is 9.59 Å². The molecule has 1 aliphatic rings. The molecule has 0 unspecified atom stereocenters. The number of amides is 2. The van der Waals surface area contributed by atoms with Crippen LogP contribution in [0.15, 0.2) is 30.3 Å². The van der Waals surface area contributed by atoms with Crippen molar-refractivity contribution in [3.05, 3.63) is 35.9 Å². The van der Waals surface area contributed by atoms with Crippen LogP contribution in [0.3, 0.4) is 0 Å². The largest absolute Gasteiger partial charge is 0.341 e. The van der Waals surface area contributed by atoms with Crippen LogP contribution in [0.4, 0.5) is 0 Å². The Morgan fingerprint density at radius 1 is 1.05 bits per heavy atom. The first kappa shape index (κ1) is 15.5. The molecular weight excluding hydrogens is 264 g/mol. The first-order valence-electron chi connectivity index (χ1n) is 7.74. The van der Waals surface area contributed by atoms with Crippen LogP contribution in [0.5, 0.6) is 0 Å². The Bertz CT molecular complexity index is 479. The molecule has 0 spiro atoms. The van der Waals surface area contributed by atoms with Gasteiger partial charge < -0.3 is 10.2 Å². The highest BCUT2D eigenvalue weighted by Gasteiger charge is 2.29. The summed E-state index contributed by atoms with van der Waals surface area (Å²) in [7, 11) is 0. The van der Waals surface area contributed by atoms with E-state index >= 15 is 0 Å². The van der Waals surface area contributed by atoms with Gasteiger partial charge in [0.2, 0.25) is 5.91 Å². The van der Waals surface area contributed by atoms with E-state index in [0.717, 1.165) is 25.9 Å². The third-order valence-corrected chi connectivity index (χ3v) is 3.92. The molecule has 2 amide bonds. The van der Waals surface area contributed by atoms with E-state index in [0.29, 0.717) is 5.56 Å². The Hall–Kier alpha value is -1.84. The normalized spacial score (nSPS) is 16.6. The molecule has 21 heavy (non-hydrogen) atoms. The summed E-state index contributed by atoms with van der Waals surface area (Å²) < 4.78 is 0. The molecule has 0 aliphatic carbocycles. The van der Waals surface area contributed by atoms with E-state index in [9.17, 15) is 9.59 Å². The lowest BCUT2D eigenvalue weighted by molar-refractivity contribution is -0.135. The molecule has 0 bridgehead atoms. The molecule has 1 heterocycles. The third-order valence-electron chi connectivity index (χ3n) is 3.92. The predicted molar refractivity (Wildman–Crippen MR) is 83.0 cm³/mol. The molecule has 1 aliphatic heterocycles. The van der Waals surface area contributed by atoms with Crippen LogP contribution < -0.4 is 5.32 Å². The topological polar surface area (TPSA) is 49.4 Å². The molecule has 0 aromatic heterocycles. The van der Waals surface area contributed by atoms with Gasteiger partial charge in [-0.15, -0.1) is 0 Å². The Morgan fingerprint density at radius 2 is 1.67 bits per heavy atom. The lowest BCUT2D eigenvalue weighted by Crippen LogP contribution is -2.52. The summed E-state index contributed by atoms with van der Waals surface area (Å²) in [5, 5.41) is 2.90. The molecule has 0 radical (unpaired) electrons. The van der Waals surface area contributed by atoms with Crippen LogP contribution in [-0.4, -0.2) is 35.8 Å². The third kappa shape index (κ3) is 4.06. The first-order chi connectivity index (χ1) is 10.1. The highest BCUT2D eigenvalue weighted by Crippen LogP contribution is 2.14. The van der Waals surface area contributed by atoms with Crippen molar-refractivity contribution in [1.29, 1.82) is 0 Å². The number of carbonyl (C=O) groups is 2. The fraction of sp³-hybridized carbons (Fsp3) is 0.529. The van der Waals surface area contributed by atoms with Gasteiger partial charge in [0, 0.05) is 18.7 Å². The van der Waals surface area contributed by atoms with Gasteiger partial charge in [-0.05, 0) is 37.3 Å². The van der Waals surface area contributed by atoms with Crippen molar-refractivity contribution in [3.63, 3.8) is 0 Å². The van der Waals surface area contributed by atoms with E-state index in [-0.39, 0.29) is 17.7 Å². The summed E-state index contributed by atoms with van der Waals surface area (Å²) in [5.41, 5.74) is 0.592. The number of carbonyl (C=O) groups excluding carboxylic acids is 2. The second-order valence-electron chi connectivity index (χ2n) is 5.95. The van der Waals surface area contributed by atoms with Crippen molar-refractivity contribution in [3.8, 4) is 0 Å². The fourth-order valence-corrected chi connectivity index (χ4v) is 2.64. The molecule has 0 saturated carbocycles. The number of likely N-dealkylation sites (tertiary alicyclic amines) is 1. The quantitative estimate of drug-likeness (QED) is 0.925. The van der Waals surface area contributed by atoms with E-state index in [4.69, 9.17) is 0 Å². The van der Waals surface area contributed by atoms with Crippen molar-refractivity contribution in [2.75, 3.05) is 13.1 Å². The average Bonchev–Trinajstić information content (AvgIpc) is 2.53. The van der Waals surface area contributed by atoms with E-state index in [1.807, 2.05) is 36.9 Å². The lowest BCUT2D eigenvalue weighted by atomic mass is 10.0. The SMILES string of the molecule is CC(C)[C@@H](NC(=O)c1ccccc1)C(=O)N1CCCCC1. The molecule has 1 saturated heterocycles. The van der Waals surface area contributed by atoms with Crippen LogP contribution in [0.1, 0.15) is 43.5 Å². The van der Waals surface area contributed by atoms with E-state index in [1.165, 1.54) is 6.42 Å². The number of nitrogens with zero attached hydrogens (tertiary/aromatic N) is 1. The van der Waals surface area contributed by atoms with E-state index in [2.05, 4.69) is 5.32 Å². The Morgan fingerprint density at radius 3 is 2.24 bits per heavy atom. The number of benzene rings is 1. The molecule has 1 aromatic rings. The molecule has 114 valence electrons. The van der Waals surface area contributed by atoms with Crippen LogP contribution >= 0.6 is 0 Å². The minimum absolute atomic E-state index is 0.0500. The number of nitrogens with one attached hydrogen (secondary N) is 1. The predicted octanol–water partition coefficient (Wildman–Crippen LogP) is 2.45. The zero-order chi connectivity index (χ0) is 15.2. The van der Waals surface area contributed by atoms with Crippen LogP contribution in [0, 0.1) is 5.92 Å². The molecule has 1 fully saturated rings. The Labute approximate surface area is 126 Å². The fourth-order valence-electron chi connectivity index (χ4n) is 2.64. The van der Waals surface area contributed by atoms with E-state index in [1.54, 1.807) is 12.1 Å². The molecule has 1 aromatic carbocycles. The summed E-state index contributed by atoms with van der Waals surface area (Å²) in [6.45, 7) is 5.56. The lowest BCUT2D eigenvalue weighted by Gasteiger charge is -2.32. The Balaban J connectivity index is 2.05.